The summed E-state index contributed by atoms with van der Waals surface area (Å²) < 4.78 is 5.32. The molecule has 0 spiro atoms. The van der Waals surface area contributed by atoms with E-state index in [0.29, 0.717) is 5.69 Å². The Kier molecular flexibility index (Phi) is 4.37. The van der Waals surface area contributed by atoms with Crippen molar-refractivity contribution in [3.8, 4) is 5.75 Å². The van der Waals surface area contributed by atoms with Gasteiger partial charge in [-0.2, -0.15) is 0 Å². The van der Waals surface area contributed by atoms with Gasteiger partial charge in [-0.25, -0.2) is 0 Å². The average molecular weight is 258 g/mol. The van der Waals surface area contributed by atoms with Crippen LogP contribution in [0.1, 0.15) is 20.8 Å². The van der Waals surface area contributed by atoms with E-state index in [2.05, 4.69) is 5.32 Å². The Hall–Kier alpha value is -1.26. The Morgan fingerprint density at radius 2 is 2.12 bits per heavy atom. The van der Waals surface area contributed by atoms with Gasteiger partial charge in [-0.1, -0.05) is 11.6 Å². The van der Waals surface area contributed by atoms with Gasteiger partial charge in [0.05, 0.1) is 10.6 Å². The molecule has 94 valence electrons. The van der Waals surface area contributed by atoms with Crippen LogP contribution in [0.2, 0.25) is 5.02 Å². The fourth-order valence-corrected chi connectivity index (χ4v) is 1.19. The number of aromatic hydroxyl groups is 1. The number of carbonyl (C=O) groups excluding carboxylic acids is 1. The molecule has 17 heavy (non-hydrogen) atoms. The first-order valence-corrected chi connectivity index (χ1v) is 5.58. The fourth-order valence-electron chi connectivity index (χ4n) is 1.07. The minimum Gasteiger partial charge on any atom is -0.506 e. The number of phenolic OH excluding ortho intramolecular Hbond substituents is 1. The summed E-state index contributed by atoms with van der Waals surface area (Å²) in [5, 5.41) is 12.2. The summed E-state index contributed by atoms with van der Waals surface area (Å²) in [6, 6.07) is 4.51. The first kappa shape index (κ1) is 13.8. The Labute approximate surface area is 106 Å². The van der Waals surface area contributed by atoms with Gasteiger partial charge in [-0.05, 0) is 32.9 Å². The van der Waals surface area contributed by atoms with E-state index in [4.69, 9.17) is 16.3 Å². The van der Waals surface area contributed by atoms with Gasteiger partial charge in [-0.15, -0.1) is 0 Å². The number of ether oxygens (including phenoxy) is 1. The standard InChI is InChI=1S/C12H16ClNO3/c1-12(2,3)17-7-11(16)14-8-4-5-9(13)10(15)6-8/h4-6,15H,7H2,1-3H3,(H,14,16). The van der Waals surface area contributed by atoms with Crippen molar-refractivity contribution in [1.29, 1.82) is 0 Å². The summed E-state index contributed by atoms with van der Waals surface area (Å²) in [5.41, 5.74) is 0.119. The zero-order valence-electron chi connectivity index (χ0n) is 10.1. The van der Waals surface area contributed by atoms with Crippen molar-refractivity contribution < 1.29 is 14.6 Å². The summed E-state index contributed by atoms with van der Waals surface area (Å²) in [7, 11) is 0. The number of halogens is 1. The lowest BCUT2D eigenvalue weighted by atomic mass is 10.2. The molecule has 1 aromatic rings. The molecule has 0 aliphatic carbocycles. The second-order valence-electron chi connectivity index (χ2n) is 4.62. The number of nitrogens with one attached hydrogen (secondary N) is 1. The van der Waals surface area contributed by atoms with Crippen molar-refractivity contribution >= 4 is 23.2 Å². The van der Waals surface area contributed by atoms with Crippen LogP contribution < -0.4 is 5.32 Å². The summed E-state index contributed by atoms with van der Waals surface area (Å²) in [5.74, 6) is -0.345. The van der Waals surface area contributed by atoms with Crippen LogP contribution in [0, 0.1) is 0 Å². The Morgan fingerprint density at radius 3 is 2.65 bits per heavy atom. The lowest BCUT2D eigenvalue weighted by molar-refractivity contribution is -0.125. The number of amides is 1. The maximum Gasteiger partial charge on any atom is 0.250 e. The van der Waals surface area contributed by atoms with E-state index in [1.54, 1.807) is 6.07 Å². The largest absolute Gasteiger partial charge is 0.506 e. The number of anilines is 1. The molecule has 0 atom stereocenters. The first-order valence-electron chi connectivity index (χ1n) is 5.20. The topological polar surface area (TPSA) is 58.6 Å². The van der Waals surface area contributed by atoms with Crippen molar-refractivity contribution in [1.82, 2.24) is 0 Å². The van der Waals surface area contributed by atoms with E-state index in [1.165, 1.54) is 12.1 Å². The van der Waals surface area contributed by atoms with Gasteiger partial charge in [-0.3, -0.25) is 4.79 Å². The highest BCUT2D eigenvalue weighted by Crippen LogP contribution is 2.26. The van der Waals surface area contributed by atoms with Crippen molar-refractivity contribution in [3.63, 3.8) is 0 Å². The minimum atomic E-state index is -0.362. The average Bonchev–Trinajstić information content (AvgIpc) is 2.20. The van der Waals surface area contributed by atoms with Gasteiger partial charge in [0, 0.05) is 11.8 Å². The van der Waals surface area contributed by atoms with Gasteiger partial charge in [0.25, 0.3) is 0 Å². The molecule has 1 rings (SSSR count). The quantitative estimate of drug-likeness (QED) is 0.875. The number of hydrogen-bond donors (Lipinski definition) is 2. The van der Waals surface area contributed by atoms with E-state index in [-0.39, 0.29) is 28.9 Å². The Morgan fingerprint density at radius 1 is 1.47 bits per heavy atom. The van der Waals surface area contributed by atoms with Crippen LogP contribution >= 0.6 is 11.6 Å². The maximum absolute atomic E-state index is 11.5. The summed E-state index contributed by atoms with van der Waals surface area (Å²) in [6.45, 7) is 5.57. The smallest absolute Gasteiger partial charge is 0.250 e. The molecular weight excluding hydrogens is 242 g/mol. The highest BCUT2D eigenvalue weighted by molar-refractivity contribution is 6.32. The van der Waals surface area contributed by atoms with Crippen LogP contribution in [0.5, 0.6) is 5.75 Å². The van der Waals surface area contributed by atoms with Crippen LogP contribution in [0.4, 0.5) is 5.69 Å². The molecule has 1 aromatic carbocycles. The number of benzene rings is 1. The van der Waals surface area contributed by atoms with E-state index in [0.717, 1.165) is 0 Å². The number of phenols is 1. The highest BCUT2D eigenvalue weighted by atomic mass is 35.5. The van der Waals surface area contributed by atoms with Crippen LogP contribution in [0.15, 0.2) is 18.2 Å². The molecule has 0 saturated heterocycles. The van der Waals surface area contributed by atoms with Gasteiger partial charge >= 0.3 is 0 Å². The lowest BCUT2D eigenvalue weighted by Gasteiger charge is -2.19. The van der Waals surface area contributed by atoms with E-state index >= 15 is 0 Å². The predicted molar refractivity (Wildman–Crippen MR) is 67.5 cm³/mol. The minimum absolute atomic E-state index is 0.0348. The normalized spacial score (nSPS) is 11.3. The third kappa shape index (κ3) is 5.06. The van der Waals surface area contributed by atoms with E-state index in [1.807, 2.05) is 20.8 Å². The molecule has 0 unspecified atom stereocenters. The van der Waals surface area contributed by atoms with E-state index in [9.17, 15) is 9.90 Å². The molecule has 0 aromatic heterocycles. The van der Waals surface area contributed by atoms with Crippen LogP contribution in [0.25, 0.3) is 0 Å². The zero-order valence-corrected chi connectivity index (χ0v) is 10.8. The maximum atomic E-state index is 11.5. The van der Waals surface area contributed by atoms with Gasteiger partial charge in [0.15, 0.2) is 0 Å². The number of rotatable bonds is 3. The molecule has 0 aliphatic rings. The molecule has 1 amide bonds. The molecule has 5 heteroatoms. The molecule has 0 fully saturated rings. The predicted octanol–water partition coefficient (Wildman–Crippen LogP) is 2.80. The Balaban J connectivity index is 2.54. The third-order valence-electron chi connectivity index (χ3n) is 1.87. The molecule has 0 bridgehead atoms. The first-order chi connectivity index (χ1) is 7.78. The molecule has 0 radical (unpaired) electrons. The lowest BCUT2D eigenvalue weighted by Crippen LogP contribution is -2.27. The van der Waals surface area contributed by atoms with Crippen molar-refractivity contribution in [2.24, 2.45) is 0 Å². The second-order valence-corrected chi connectivity index (χ2v) is 5.02. The molecular formula is C12H16ClNO3. The Bertz CT molecular complexity index is 413. The van der Waals surface area contributed by atoms with E-state index < -0.39 is 0 Å². The molecule has 4 nitrogen and oxygen atoms in total. The van der Waals surface area contributed by atoms with Crippen LogP contribution in [-0.2, 0) is 9.53 Å². The monoisotopic (exact) mass is 257 g/mol. The number of carbonyl (C=O) groups is 1. The molecule has 2 N–H and O–H groups in total. The second kappa shape index (κ2) is 5.38. The third-order valence-corrected chi connectivity index (χ3v) is 2.19. The number of hydrogen-bond acceptors (Lipinski definition) is 3. The summed E-state index contributed by atoms with van der Waals surface area (Å²) in [6.07, 6.45) is 0. The van der Waals surface area contributed by atoms with Crippen molar-refractivity contribution in [3.05, 3.63) is 23.2 Å². The van der Waals surface area contributed by atoms with Crippen molar-refractivity contribution in [2.75, 3.05) is 11.9 Å². The summed E-state index contributed by atoms with van der Waals surface area (Å²) >= 11 is 5.65. The highest BCUT2D eigenvalue weighted by Gasteiger charge is 2.13. The van der Waals surface area contributed by atoms with Gasteiger partial charge < -0.3 is 15.2 Å². The zero-order chi connectivity index (χ0) is 13.1. The molecule has 0 aliphatic heterocycles. The van der Waals surface area contributed by atoms with Crippen LogP contribution in [-0.4, -0.2) is 23.2 Å². The van der Waals surface area contributed by atoms with Crippen molar-refractivity contribution in [2.45, 2.75) is 26.4 Å². The fraction of sp³-hybridized carbons (Fsp3) is 0.417. The van der Waals surface area contributed by atoms with Crippen LogP contribution in [0.3, 0.4) is 0 Å². The molecule has 0 saturated carbocycles. The SMILES string of the molecule is CC(C)(C)OCC(=O)Nc1ccc(Cl)c(O)c1. The van der Waals surface area contributed by atoms with Gasteiger partial charge in [0.2, 0.25) is 5.91 Å². The van der Waals surface area contributed by atoms with Gasteiger partial charge in [0.1, 0.15) is 12.4 Å². The molecule has 0 heterocycles. The summed E-state index contributed by atoms with van der Waals surface area (Å²) in [4.78, 5) is 11.5.